The van der Waals surface area contributed by atoms with Gasteiger partial charge in [-0.1, -0.05) is 6.07 Å². The highest BCUT2D eigenvalue weighted by atomic mass is 16.4. The van der Waals surface area contributed by atoms with Crippen LogP contribution in [0.3, 0.4) is 0 Å². The maximum atomic E-state index is 12.1. The smallest absolute Gasteiger partial charge is 0.321 e. The topological polar surface area (TPSA) is 81.7 Å². The van der Waals surface area contributed by atoms with Crippen LogP contribution in [-0.2, 0) is 9.59 Å². The Balaban J connectivity index is 1.98. The first-order chi connectivity index (χ1) is 10.5. The molecule has 1 fully saturated rings. The molecule has 1 heterocycles. The van der Waals surface area contributed by atoms with E-state index in [9.17, 15) is 14.7 Å². The molecule has 120 valence electrons. The van der Waals surface area contributed by atoms with Crippen molar-refractivity contribution in [1.29, 1.82) is 0 Å². The largest absolute Gasteiger partial charge is 0.480 e. The number of aryl methyl sites for hydroxylation is 2. The Morgan fingerprint density at radius 2 is 1.95 bits per heavy atom. The van der Waals surface area contributed by atoms with E-state index in [-0.39, 0.29) is 12.3 Å². The number of nitrogens with zero attached hydrogens (tertiary/aromatic N) is 1. The Hall–Kier alpha value is -1.92. The normalized spacial score (nSPS) is 17.0. The lowest BCUT2D eigenvalue weighted by molar-refractivity contribution is -0.145. The zero-order valence-electron chi connectivity index (χ0n) is 13.1. The van der Waals surface area contributed by atoms with Crippen molar-refractivity contribution < 1.29 is 14.7 Å². The number of piperazine rings is 1. The van der Waals surface area contributed by atoms with Crippen LogP contribution in [0.5, 0.6) is 0 Å². The molecule has 1 aromatic carbocycles. The maximum absolute atomic E-state index is 12.1. The van der Waals surface area contributed by atoms with Gasteiger partial charge in [-0.3, -0.25) is 14.5 Å². The van der Waals surface area contributed by atoms with Crippen LogP contribution in [-0.4, -0.2) is 54.1 Å². The SMILES string of the molecule is Cc1ccc(NC(=O)CC(C(=O)O)N2CCNCC2)cc1C. The Bertz CT molecular complexity index is 554. The van der Waals surface area contributed by atoms with Crippen LogP contribution in [0.25, 0.3) is 0 Å². The van der Waals surface area contributed by atoms with Gasteiger partial charge in [0.15, 0.2) is 0 Å². The minimum atomic E-state index is -0.947. The number of hydrogen-bond acceptors (Lipinski definition) is 4. The number of carbonyl (C=O) groups is 2. The van der Waals surface area contributed by atoms with E-state index in [1.807, 2.05) is 36.9 Å². The quantitative estimate of drug-likeness (QED) is 0.756. The van der Waals surface area contributed by atoms with Gasteiger partial charge in [0, 0.05) is 31.9 Å². The van der Waals surface area contributed by atoms with Crippen molar-refractivity contribution in [2.45, 2.75) is 26.3 Å². The summed E-state index contributed by atoms with van der Waals surface area (Å²) < 4.78 is 0. The van der Waals surface area contributed by atoms with Crippen molar-refractivity contribution in [3.8, 4) is 0 Å². The molecule has 6 nitrogen and oxygen atoms in total. The molecule has 0 bridgehead atoms. The van der Waals surface area contributed by atoms with Crippen molar-refractivity contribution in [3.63, 3.8) is 0 Å². The molecule has 6 heteroatoms. The van der Waals surface area contributed by atoms with E-state index in [2.05, 4.69) is 10.6 Å². The standard InChI is InChI=1S/C16H23N3O3/c1-11-3-4-13(9-12(11)2)18-15(20)10-14(16(21)22)19-7-5-17-6-8-19/h3-4,9,14,17H,5-8,10H2,1-2H3,(H,18,20)(H,21,22). The van der Waals surface area contributed by atoms with Crippen LogP contribution >= 0.6 is 0 Å². The van der Waals surface area contributed by atoms with Crippen LogP contribution < -0.4 is 10.6 Å². The van der Waals surface area contributed by atoms with Gasteiger partial charge in [-0.25, -0.2) is 0 Å². The van der Waals surface area contributed by atoms with Crippen LogP contribution in [0.15, 0.2) is 18.2 Å². The monoisotopic (exact) mass is 305 g/mol. The molecule has 1 aromatic rings. The number of benzene rings is 1. The second-order valence-corrected chi connectivity index (χ2v) is 5.69. The summed E-state index contributed by atoms with van der Waals surface area (Å²) in [7, 11) is 0. The lowest BCUT2D eigenvalue weighted by Gasteiger charge is -2.32. The fourth-order valence-electron chi connectivity index (χ4n) is 2.57. The fourth-order valence-corrected chi connectivity index (χ4v) is 2.57. The van der Waals surface area contributed by atoms with Crippen LogP contribution in [0.4, 0.5) is 5.69 Å². The molecule has 22 heavy (non-hydrogen) atoms. The molecule has 0 saturated carbocycles. The Kier molecular flexibility index (Phi) is 5.51. The van der Waals surface area contributed by atoms with Gasteiger partial charge in [0.1, 0.15) is 6.04 Å². The molecule has 2 rings (SSSR count). The van der Waals surface area contributed by atoms with Crippen molar-refractivity contribution in [2.75, 3.05) is 31.5 Å². The molecule has 0 radical (unpaired) electrons. The van der Waals surface area contributed by atoms with Crippen LogP contribution in [0.2, 0.25) is 0 Å². The Morgan fingerprint density at radius 3 is 2.55 bits per heavy atom. The second kappa shape index (κ2) is 7.38. The van der Waals surface area contributed by atoms with Gasteiger partial charge in [0.2, 0.25) is 5.91 Å². The number of carboxylic acid groups (broad SMARTS) is 1. The van der Waals surface area contributed by atoms with E-state index in [1.165, 1.54) is 0 Å². The van der Waals surface area contributed by atoms with Crippen molar-refractivity contribution in [3.05, 3.63) is 29.3 Å². The molecule has 0 spiro atoms. The second-order valence-electron chi connectivity index (χ2n) is 5.69. The maximum Gasteiger partial charge on any atom is 0.321 e. The summed E-state index contributed by atoms with van der Waals surface area (Å²) in [5, 5.41) is 15.3. The van der Waals surface area contributed by atoms with Gasteiger partial charge in [-0.2, -0.15) is 0 Å². The first-order valence-corrected chi connectivity index (χ1v) is 7.52. The van der Waals surface area contributed by atoms with E-state index >= 15 is 0 Å². The first-order valence-electron chi connectivity index (χ1n) is 7.52. The molecule has 1 aliphatic rings. The number of rotatable bonds is 5. The highest BCUT2D eigenvalue weighted by Crippen LogP contribution is 2.15. The van der Waals surface area contributed by atoms with E-state index in [1.54, 1.807) is 0 Å². The third-order valence-corrected chi connectivity index (χ3v) is 4.05. The highest BCUT2D eigenvalue weighted by Gasteiger charge is 2.29. The molecular weight excluding hydrogens is 282 g/mol. The first kappa shape index (κ1) is 16.5. The summed E-state index contributed by atoms with van der Waals surface area (Å²) in [6.07, 6.45) is -0.0394. The molecule has 1 atom stereocenters. The Labute approximate surface area is 130 Å². The lowest BCUT2D eigenvalue weighted by atomic mass is 10.1. The van der Waals surface area contributed by atoms with Crippen LogP contribution in [0.1, 0.15) is 17.5 Å². The predicted molar refractivity (Wildman–Crippen MR) is 85.0 cm³/mol. The van der Waals surface area contributed by atoms with E-state index in [0.29, 0.717) is 18.8 Å². The zero-order valence-corrected chi connectivity index (χ0v) is 13.1. The Morgan fingerprint density at radius 1 is 1.27 bits per heavy atom. The summed E-state index contributed by atoms with van der Waals surface area (Å²) in [6.45, 7) is 6.78. The van der Waals surface area contributed by atoms with Crippen LogP contribution in [0, 0.1) is 13.8 Å². The minimum absolute atomic E-state index is 0.0394. The summed E-state index contributed by atoms with van der Waals surface area (Å²) in [5.41, 5.74) is 2.95. The van der Waals surface area contributed by atoms with Crippen molar-refractivity contribution in [1.82, 2.24) is 10.2 Å². The van der Waals surface area contributed by atoms with E-state index in [4.69, 9.17) is 0 Å². The number of nitrogens with one attached hydrogen (secondary N) is 2. The number of carbonyl (C=O) groups excluding carboxylic acids is 1. The zero-order chi connectivity index (χ0) is 16.1. The molecule has 0 aromatic heterocycles. The average Bonchev–Trinajstić information content (AvgIpc) is 2.49. The number of aliphatic carboxylic acids is 1. The van der Waals surface area contributed by atoms with Gasteiger partial charge in [-0.05, 0) is 37.1 Å². The molecule has 0 aliphatic carbocycles. The molecule has 1 saturated heterocycles. The molecule has 1 aliphatic heterocycles. The van der Waals surface area contributed by atoms with Gasteiger partial charge >= 0.3 is 5.97 Å². The van der Waals surface area contributed by atoms with Gasteiger partial charge in [0.25, 0.3) is 0 Å². The predicted octanol–water partition coefficient (Wildman–Crippen LogP) is 0.990. The van der Waals surface area contributed by atoms with Gasteiger partial charge < -0.3 is 15.7 Å². The van der Waals surface area contributed by atoms with Crippen molar-refractivity contribution in [2.24, 2.45) is 0 Å². The summed E-state index contributed by atoms with van der Waals surface area (Å²) in [6, 6.07) is 4.90. The van der Waals surface area contributed by atoms with E-state index in [0.717, 1.165) is 24.2 Å². The lowest BCUT2D eigenvalue weighted by Crippen LogP contribution is -2.52. The van der Waals surface area contributed by atoms with E-state index < -0.39 is 12.0 Å². The van der Waals surface area contributed by atoms with Crippen molar-refractivity contribution >= 4 is 17.6 Å². The third-order valence-electron chi connectivity index (χ3n) is 4.05. The molecule has 1 unspecified atom stereocenters. The minimum Gasteiger partial charge on any atom is -0.480 e. The molecular formula is C16H23N3O3. The summed E-state index contributed by atoms with van der Waals surface area (Å²) in [4.78, 5) is 25.4. The number of anilines is 1. The highest BCUT2D eigenvalue weighted by molar-refractivity contribution is 5.94. The third kappa shape index (κ3) is 4.29. The van der Waals surface area contributed by atoms with Gasteiger partial charge in [-0.15, -0.1) is 0 Å². The molecule has 3 N–H and O–H groups in total. The number of hydrogen-bond donors (Lipinski definition) is 3. The number of carboxylic acids is 1. The molecule has 1 amide bonds. The average molecular weight is 305 g/mol. The fraction of sp³-hybridized carbons (Fsp3) is 0.500. The summed E-state index contributed by atoms with van der Waals surface area (Å²) >= 11 is 0. The number of amides is 1. The summed E-state index contributed by atoms with van der Waals surface area (Å²) in [5.74, 6) is -1.22. The van der Waals surface area contributed by atoms with Gasteiger partial charge in [0.05, 0.1) is 6.42 Å².